The molecule has 0 bridgehead atoms. The van der Waals surface area contributed by atoms with Gasteiger partial charge in [-0.15, -0.1) is 24.0 Å². The molecule has 1 aromatic carbocycles. The molecule has 0 amide bonds. The Kier molecular flexibility index (Phi) is 11.0. The minimum absolute atomic E-state index is 0. The summed E-state index contributed by atoms with van der Waals surface area (Å²) in [4.78, 5) is 6.90. The van der Waals surface area contributed by atoms with E-state index in [1.54, 1.807) is 0 Å². The monoisotopic (exact) mass is 499 g/mol. The highest BCUT2D eigenvalue weighted by molar-refractivity contribution is 14.0. The molecule has 0 radical (unpaired) electrons. The van der Waals surface area contributed by atoms with Crippen LogP contribution in [-0.4, -0.2) is 47.4 Å². The average Bonchev–Trinajstić information content (AvgIpc) is 3.02. The van der Waals surface area contributed by atoms with E-state index in [4.69, 9.17) is 9.73 Å². The maximum absolute atomic E-state index is 5.73. The Labute approximate surface area is 186 Å². The second kappa shape index (κ2) is 12.6. The molecule has 0 atom stereocenters. The predicted octanol–water partition coefficient (Wildman–Crippen LogP) is 4.03. The Hall–Kier alpha value is -1.77. The number of hydrogen-bond acceptors (Lipinski definition) is 3. The number of rotatable bonds is 9. The van der Waals surface area contributed by atoms with E-state index in [1.807, 2.05) is 42.1 Å². The molecule has 0 fully saturated rings. The number of halogens is 1. The van der Waals surface area contributed by atoms with E-state index in [9.17, 15) is 0 Å². The highest BCUT2D eigenvalue weighted by atomic mass is 127. The van der Waals surface area contributed by atoms with Crippen molar-refractivity contribution in [3.05, 3.63) is 47.8 Å². The lowest BCUT2D eigenvalue weighted by Gasteiger charge is -2.22. The quantitative estimate of drug-likeness (QED) is 0.245. The summed E-state index contributed by atoms with van der Waals surface area (Å²) < 4.78 is 7.63. The van der Waals surface area contributed by atoms with E-state index in [-0.39, 0.29) is 24.0 Å². The summed E-state index contributed by atoms with van der Waals surface area (Å²) in [5, 5.41) is 7.97. The molecule has 1 N–H and O–H groups in total. The van der Waals surface area contributed by atoms with Crippen molar-refractivity contribution < 1.29 is 4.74 Å². The molecule has 0 saturated heterocycles. The van der Waals surface area contributed by atoms with Crippen LogP contribution in [0.2, 0.25) is 0 Å². The van der Waals surface area contributed by atoms with Gasteiger partial charge in [-0.2, -0.15) is 5.10 Å². The van der Waals surface area contributed by atoms with Gasteiger partial charge in [-0.1, -0.05) is 32.0 Å². The van der Waals surface area contributed by atoms with Crippen LogP contribution in [0.15, 0.2) is 41.5 Å². The number of hydrogen-bond donors (Lipinski definition) is 1. The molecule has 0 spiro atoms. The van der Waals surface area contributed by atoms with Gasteiger partial charge in [-0.05, 0) is 25.0 Å². The van der Waals surface area contributed by atoms with Gasteiger partial charge in [-0.3, -0.25) is 9.67 Å². The first kappa shape index (κ1) is 24.3. The van der Waals surface area contributed by atoms with Gasteiger partial charge in [0.15, 0.2) is 5.96 Å². The number of guanidine groups is 1. The second-order valence-electron chi connectivity index (χ2n) is 6.97. The summed E-state index contributed by atoms with van der Waals surface area (Å²) in [6.45, 7) is 9.46. The first-order valence-electron chi connectivity index (χ1n) is 9.71. The largest absolute Gasteiger partial charge is 0.494 e. The maximum atomic E-state index is 5.73. The molecule has 1 heterocycles. The fraction of sp³-hybridized carbons (Fsp3) is 0.524. The van der Waals surface area contributed by atoms with Crippen LogP contribution in [0.4, 0.5) is 0 Å². The van der Waals surface area contributed by atoms with Crippen molar-refractivity contribution in [3.8, 4) is 5.75 Å². The van der Waals surface area contributed by atoms with Crippen molar-refractivity contribution in [2.45, 2.75) is 39.7 Å². The van der Waals surface area contributed by atoms with Crippen LogP contribution in [0.25, 0.3) is 0 Å². The van der Waals surface area contributed by atoms with Crippen LogP contribution >= 0.6 is 24.0 Å². The van der Waals surface area contributed by atoms with Crippen molar-refractivity contribution in [1.82, 2.24) is 20.0 Å². The van der Waals surface area contributed by atoms with E-state index >= 15 is 0 Å². The van der Waals surface area contributed by atoms with Crippen molar-refractivity contribution in [2.75, 3.05) is 26.7 Å². The molecule has 6 nitrogen and oxygen atoms in total. The number of ether oxygens (including phenoxy) is 1. The first-order valence-corrected chi connectivity index (χ1v) is 9.71. The summed E-state index contributed by atoms with van der Waals surface area (Å²) in [5.41, 5.74) is 2.39. The van der Waals surface area contributed by atoms with Crippen LogP contribution < -0.4 is 10.1 Å². The van der Waals surface area contributed by atoms with Crippen LogP contribution in [0.3, 0.4) is 0 Å². The standard InChI is InChI=1S/C21H33N5O.HI/c1-6-22-21(23-13-10-14-27-19-11-8-7-9-12-19)25(4)15-18-16-26(5)24-20(18)17(2)3;/h7-9,11-12,16-17H,6,10,13-15H2,1-5H3,(H,22,23);1H. The molecule has 0 aliphatic heterocycles. The SMILES string of the molecule is CCNC(=NCCCOc1ccccc1)N(C)Cc1cn(C)nc1C(C)C.I. The summed E-state index contributed by atoms with van der Waals surface area (Å²) >= 11 is 0. The van der Waals surface area contributed by atoms with Crippen LogP contribution in [0.5, 0.6) is 5.75 Å². The summed E-state index contributed by atoms with van der Waals surface area (Å²) in [6.07, 6.45) is 2.98. The highest BCUT2D eigenvalue weighted by Crippen LogP contribution is 2.18. The molecule has 0 aliphatic carbocycles. The molecule has 156 valence electrons. The minimum Gasteiger partial charge on any atom is -0.494 e. The lowest BCUT2D eigenvalue weighted by Crippen LogP contribution is -2.38. The third-order valence-electron chi connectivity index (χ3n) is 4.16. The van der Waals surface area contributed by atoms with Gasteiger partial charge in [0.2, 0.25) is 0 Å². The zero-order valence-corrected chi connectivity index (χ0v) is 20.0. The normalized spacial score (nSPS) is 11.3. The summed E-state index contributed by atoms with van der Waals surface area (Å²) in [6, 6.07) is 9.90. The van der Waals surface area contributed by atoms with E-state index in [0.717, 1.165) is 43.5 Å². The van der Waals surface area contributed by atoms with E-state index in [1.165, 1.54) is 5.56 Å². The molecule has 1 aromatic heterocycles. The van der Waals surface area contributed by atoms with Crippen LogP contribution in [-0.2, 0) is 13.6 Å². The Balaban J connectivity index is 0.00000392. The van der Waals surface area contributed by atoms with Crippen LogP contribution in [0, 0.1) is 0 Å². The maximum Gasteiger partial charge on any atom is 0.193 e. The van der Waals surface area contributed by atoms with E-state index in [0.29, 0.717) is 12.5 Å². The van der Waals surface area contributed by atoms with Crippen molar-refractivity contribution in [3.63, 3.8) is 0 Å². The van der Waals surface area contributed by atoms with Gasteiger partial charge >= 0.3 is 0 Å². The Morgan fingerprint density at radius 1 is 1.29 bits per heavy atom. The molecule has 2 rings (SSSR count). The molecule has 0 aliphatic rings. The molecule has 28 heavy (non-hydrogen) atoms. The number of nitrogens with one attached hydrogen (secondary N) is 1. The highest BCUT2D eigenvalue weighted by Gasteiger charge is 2.15. The fourth-order valence-electron chi connectivity index (χ4n) is 2.92. The van der Waals surface area contributed by atoms with Crippen molar-refractivity contribution >= 4 is 29.9 Å². The zero-order valence-electron chi connectivity index (χ0n) is 17.7. The van der Waals surface area contributed by atoms with Gasteiger partial charge in [0.25, 0.3) is 0 Å². The zero-order chi connectivity index (χ0) is 19.6. The van der Waals surface area contributed by atoms with Gasteiger partial charge in [0, 0.05) is 51.9 Å². The topological polar surface area (TPSA) is 54.7 Å². The fourth-order valence-corrected chi connectivity index (χ4v) is 2.92. The van der Waals surface area contributed by atoms with Gasteiger partial charge < -0.3 is 15.0 Å². The molecule has 2 aromatic rings. The Morgan fingerprint density at radius 2 is 2.00 bits per heavy atom. The van der Waals surface area contributed by atoms with Gasteiger partial charge in [0.05, 0.1) is 12.3 Å². The number of para-hydroxylation sites is 1. The lowest BCUT2D eigenvalue weighted by atomic mass is 10.1. The lowest BCUT2D eigenvalue weighted by molar-refractivity contribution is 0.313. The average molecular weight is 499 g/mol. The smallest absolute Gasteiger partial charge is 0.193 e. The number of aliphatic imine (C=N–C) groups is 1. The predicted molar refractivity (Wildman–Crippen MR) is 127 cm³/mol. The van der Waals surface area contributed by atoms with Crippen molar-refractivity contribution in [1.29, 1.82) is 0 Å². The van der Waals surface area contributed by atoms with E-state index in [2.05, 4.69) is 49.3 Å². The Bertz CT molecular complexity index is 715. The number of aromatic nitrogens is 2. The first-order chi connectivity index (χ1) is 13.0. The van der Waals surface area contributed by atoms with Crippen molar-refractivity contribution in [2.24, 2.45) is 12.0 Å². The number of aryl methyl sites for hydroxylation is 1. The van der Waals surface area contributed by atoms with E-state index < -0.39 is 0 Å². The van der Waals surface area contributed by atoms with Gasteiger partial charge in [-0.25, -0.2) is 0 Å². The number of nitrogens with zero attached hydrogens (tertiary/aromatic N) is 4. The number of benzene rings is 1. The van der Waals surface area contributed by atoms with Crippen LogP contribution in [0.1, 0.15) is 44.4 Å². The Morgan fingerprint density at radius 3 is 2.64 bits per heavy atom. The van der Waals surface area contributed by atoms with Gasteiger partial charge in [0.1, 0.15) is 5.75 Å². The molecule has 0 saturated carbocycles. The third-order valence-corrected chi connectivity index (χ3v) is 4.16. The minimum atomic E-state index is 0. The third kappa shape index (κ3) is 7.69. The summed E-state index contributed by atoms with van der Waals surface area (Å²) in [5.74, 6) is 2.23. The molecular weight excluding hydrogens is 465 g/mol. The molecule has 0 unspecified atom stereocenters. The second-order valence-corrected chi connectivity index (χ2v) is 6.97. The summed E-state index contributed by atoms with van der Waals surface area (Å²) in [7, 11) is 4.04. The molecular formula is C21H34IN5O. The molecule has 7 heteroatoms.